The maximum absolute atomic E-state index is 12.6. The van der Waals surface area contributed by atoms with Gasteiger partial charge in [0.15, 0.2) is 0 Å². The molecule has 2 N–H and O–H groups in total. The van der Waals surface area contributed by atoms with Crippen LogP contribution in [0.15, 0.2) is 35.1 Å². The summed E-state index contributed by atoms with van der Waals surface area (Å²) in [5.41, 5.74) is 8.92. The molecular weight excluding hydrogens is 296 g/mol. The normalized spacial score (nSPS) is 10.9. The molecule has 2 heterocycles. The fourth-order valence-corrected chi connectivity index (χ4v) is 3.69. The molecule has 0 radical (unpaired) electrons. The molecule has 3 aromatic rings. The predicted octanol–water partition coefficient (Wildman–Crippen LogP) is 3.53. The van der Waals surface area contributed by atoms with Crippen LogP contribution in [-0.4, -0.2) is 12.1 Å². The van der Waals surface area contributed by atoms with Gasteiger partial charge in [0.05, 0.1) is 23.1 Å². The van der Waals surface area contributed by atoms with Crippen molar-refractivity contribution < 1.29 is 4.74 Å². The first kappa shape index (κ1) is 14.5. The smallest absolute Gasteiger partial charge is 0.213 e. The standard InChI is InChI=1S/C17H16N2O2S/c1-9-8-10(2)19-17-13(9)15(20)14(18)16(22-17)11-4-6-12(21-3)7-5-11/h4-8H,18H2,1-3H3. The molecule has 2 aromatic heterocycles. The van der Waals surface area contributed by atoms with Crippen LogP contribution in [0.3, 0.4) is 0 Å². The van der Waals surface area contributed by atoms with Crippen LogP contribution in [0.25, 0.3) is 20.7 Å². The molecule has 0 fully saturated rings. The molecule has 0 saturated carbocycles. The van der Waals surface area contributed by atoms with E-state index in [4.69, 9.17) is 10.5 Å². The van der Waals surface area contributed by atoms with E-state index in [1.165, 1.54) is 11.3 Å². The topological polar surface area (TPSA) is 65.2 Å². The maximum Gasteiger partial charge on any atom is 0.213 e. The van der Waals surface area contributed by atoms with Crippen molar-refractivity contribution in [3.8, 4) is 16.2 Å². The quantitative estimate of drug-likeness (QED) is 0.786. The summed E-state index contributed by atoms with van der Waals surface area (Å²) in [4.78, 5) is 18.6. The highest BCUT2D eigenvalue weighted by molar-refractivity contribution is 7.21. The van der Waals surface area contributed by atoms with Crippen molar-refractivity contribution in [2.75, 3.05) is 12.8 Å². The Bertz CT molecular complexity index is 915. The minimum atomic E-state index is -0.149. The van der Waals surface area contributed by atoms with E-state index in [0.717, 1.165) is 32.3 Å². The van der Waals surface area contributed by atoms with Gasteiger partial charge >= 0.3 is 0 Å². The van der Waals surface area contributed by atoms with Gasteiger partial charge in [0.2, 0.25) is 5.43 Å². The summed E-state index contributed by atoms with van der Waals surface area (Å²) < 4.78 is 5.16. The third kappa shape index (κ3) is 2.33. The summed E-state index contributed by atoms with van der Waals surface area (Å²) in [6.45, 7) is 3.84. The molecule has 0 aliphatic carbocycles. The number of anilines is 1. The third-order valence-electron chi connectivity index (χ3n) is 3.58. The second kappa shape index (κ2) is 5.42. The summed E-state index contributed by atoms with van der Waals surface area (Å²) in [5.74, 6) is 0.764. The van der Waals surface area contributed by atoms with E-state index in [-0.39, 0.29) is 11.1 Å². The molecule has 4 nitrogen and oxygen atoms in total. The fraction of sp³-hybridized carbons (Fsp3) is 0.176. The Kier molecular flexibility index (Phi) is 3.58. The Morgan fingerprint density at radius 2 is 1.86 bits per heavy atom. The van der Waals surface area contributed by atoms with Crippen molar-refractivity contribution in [2.24, 2.45) is 0 Å². The molecule has 1 aromatic carbocycles. The fourth-order valence-electron chi connectivity index (χ4n) is 2.50. The Morgan fingerprint density at radius 1 is 1.18 bits per heavy atom. The van der Waals surface area contributed by atoms with Gasteiger partial charge in [-0.1, -0.05) is 0 Å². The average Bonchev–Trinajstić information content (AvgIpc) is 2.50. The highest BCUT2D eigenvalue weighted by Crippen LogP contribution is 2.33. The minimum Gasteiger partial charge on any atom is -0.497 e. The number of benzene rings is 1. The van der Waals surface area contributed by atoms with Crippen LogP contribution in [0, 0.1) is 13.8 Å². The summed E-state index contributed by atoms with van der Waals surface area (Å²) in [7, 11) is 1.62. The van der Waals surface area contributed by atoms with E-state index in [9.17, 15) is 4.79 Å². The molecule has 0 unspecified atom stereocenters. The molecular formula is C17H16N2O2S. The maximum atomic E-state index is 12.6. The van der Waals surface area contributed by atoms with Crippen LogP contribution < -0.4 is 15.9 Å². The second-order valence-electron chi connectivity index (χ2n) is 5.16. The van der Waals surface area contributed by atoms with Gasteiger partial charge in [-0.25, -0.2) is 4.98 Å². The first-order valence-electron chi connectivity index (χ1n) is 6.86. The van der Waals surface area contributed by atoms with Crippen molar-refractivity contribution in [2.45, 2.75) is 13.8 Å². The van der Waals surface area contributed by atoms with E-state index in [1.807, 2.05) is 44.2 Å². The van der Waals surface area contributed by atoms with E-state index < -0.39 is 0 Å². The van der Waals surface area contributed by atoms with Crippen LogP contribution in [0.4, 0.5) is 5.69 Å². The van der Waals surface area contributed by atoms with Crippen molar-refractivity contribution >= 4 is 27.2 Å². The monoisotopic (exact) mass is 312 g/mol. The number of aryl methyl sites for hydroxylation is 2. The lowest BCUT2D eigenvalue weighted by atomic mass is 10.1. The lowest BCUT2D eigenvalue weighted by Crippen LogP contribution is -2.11. The molecule has 0 spiro atoms. The van der Waals surface area contributed by atoms with Crippen LogP contribution in [-0.2, 0) is 0 Å². The number of nitrogen functional groups attached to an aromatic ring is 1. The molecule has 112 valence electrons. The van der Waals surface area contributed by atoms with Gasteiger partial charge in [0.1, 0.15) is 10.6 Å². The predicted molar refractivity (Wildman–Crippen MR) is 91.8 cm³/mol. The van der Waals surface area contributed by atoms with Gasteiger partial charge < -0.3 is 10.5 Å². The Hall–Kier alpha value is -2.40. The van der Waals surface area contributed by atoms with Crippen LogP contribution in [0.2, 0.25) is 0 Å². The van der Waals surface area contributed by atoms with E-state index in [0.29, 0.717) is 5.39 Å². The summed E-state index contributed by atoms with van der Waals surface area (Å²) in [5, 5.41) is 0.616. The Labute approximate surface area is 132 Å². The number of hydrogen-bond donors (Lipinski definition) is 1. The highest BCUT2D eigenvalue weighted by Gasteiger charge is 2.14. The largest absolute Gasteiger partial charge is 0.497 e. The van der Waals surface area contributed by atoms with E-state index >= 15 is 0 Å². The molecule has 0 atom stereocenters. The number of nitrogens with zero attached hydrogens (tertiary/aromatic N) is 1. The van der Waals surface area contributed by atoms with Crippen molar-refractivity contribution in [3.63, 3.8) is 0 Å². The Morgan fingerprint density at radius 3 is 2.50 bits per heavy atom. The summed E-state index contributed by atoms with van der Waals surface area (Å²) in [6.07, 6.45) is 0. The molecule has 3 rings (SSSR count). The van der Waals surface area contributed by atoms with E-state index in [1.54, 1.807) is 7.11 Å². The first-order valence-corrected chi connectivity index (χ1v) is 7.68. The van der Waals surface area contributed by atoms with Gasteiger partial charge in [-0.05, 0) is 55.3 Å². The number of methoxy groups -OCH3 is 1. The van der Waals surface area contributed by atoms with Gasteiger partial charge in [-0.15, -0.1) is 11.3 Å². The lowest BCUT2D eigenvalue weighted by molar-refractivity contribution is 0.415. The molecule has 0 bridgehead atoms. The number of rotatable bonds is 2. The van der Waals surface area contributed by atoms with Gasteiger partial charge in [0, 0.05) is 5.69 Å². The van der Waals surface area contributed by atoms with Gasteiger partial charge in [0.25, 0.3) is 0 Å². The number of fused-ring (bicyclic) bond motifs is 1. The van der Waals surface area contributed by atoms with Crippen LogP contribution in [0.5, 0.6) is 5.75 Å². The van der Waals surface area contributed by atoms with Crippen molar-refractivity contribution in [1.82, 2.24) is 4.98 Å². The van der Waals surface area contributed by atoms with E-state index in [2.05, 4.69) is 4.98 Å². The molecule has 5 heteroatoms. The van der Waals surface area contributed by atoms with Crippen molar-refractivity contribution in [1.29, 1.82) is 0 Å². The summed E-state index contributed by atoms with van der Waals surface area (Å²) in [6, 6.07) is 9.41. The molecule has 0 aliphatic heterocycles. The Balaban J connectivity index is 2.30. The van der Waals surface area contributed by atoms with Crippen LogP contribution in [0.1, 0.15) is 11.3 Å². The second-order valence-corrected chi connectivity index (χ2v) is 6.16. The third-order valence-corrected chi connectivity index (χ3v) is 4.73. The lowest BCUT2D eigenvalue weighted by Gasteiger charge is -2.09. The molecule has 0 aliphatic rings. The number of nitrogens with two attached hydrogens (primary N) is 1. The molecule has 0 saturated heterocycles. The molecule has 0 amide bonds. The van der Waals surface area contributed by atoms with Gasteiger partial charge in [-0.2, -0.15) is 0 Å². The first-order chi connectivity index (χ1) is 10.5. The SMILES string of the molecule is COc1ccc(-c2sc3nc(C)cc(C)c3c(=O)c2N)cc1. The zero-order valence-electron chi connectivity index (χ0n) is 12.6. The highest BCUT2D eigenvalue weighted by atomic mass is 32.1. The number of ether oxygens (including phenoxy) is 1. The summed E-state index contributed by atoms with van der Waals surface area (Å²) >= 11 is 1.45. The molecule has 22 heavy (non-hydrogen) atoms. The number of pyridine rings is 1. The number of hydrogen-bond acceptors (Lipinski definition) is 5. The minimum absolute atomic E-state index is 0.149. The van der Waals surface area contributed by atoms with Crippen LogP contribution >= 0.6 is 11.3 Å². The number of aromatic nitrogens is 1. The average molecular weight is 312 g/mol. The zero-order chi connectivity index (χ0) is 15.9. The van der Waals surface area contributed by atoms with Gasteiger partial charge in [-0.3, -0.25) is 4.79 Å². The van der Waals surface area contributed by atoms with Crippen molar-refractivity contribution in [3.05, 3.63) is 51.8 Å². The zero-order valence-corrected chi connectivity index (χ0v) is 13.5.